The van der Waals surface area contributed by atoms with Gasteiger partial charge in [-0.3, -0.25) is 0 Å². The number of rotatable bonds is 11. The van der Waals surface area contributed by atoms with Crippen molar-refractivity contribution in [3.05, 3.63) is 119 Å². The minimum Gasteiger partial charge on any atom is -0.496 e. The fraction of sp³-hybridized carbons (Fsp3) is 0.200. The number of hydrogen-bond acceptors (Lipinski definition) is 2. The van der Waals surface area contributed by atoms with Crippen LogP contribution in [0.1, 0.15) is 22.3 Å². The highest BCUT2D eigenvalue weighted by molar-refractivity contribution is 7.51. The number of hydrogen-bond donors (Lipinski definition) is 0. The zero-order valence-corrected chi connectivity index (χ0v) is 21.9. The van der Waals surface area contributed by atoms with Crippen molar-refractivity contribution < 1.29 is 9.47 Å². The highest BCUT2D eigenvalue weighted by atomic mass is 31.1. The molecule has 4 aromatic carbocycles. The fourth-order valence-electron chi connectivity index (χ4n) is 4.03. The second-order valence-electron chi connectivity index (χ2n) is 8.22. The van der Waals surface area contributed by atoms with Gasteiger partial charge in [0.05, 0.1) is 14.2 Å². The van der Waals surface area contributed by atoms with E-state index >= 15 is 0 Å². The molecule has 0 amide bonds. The molecule has 4 rings (SSSR count). The lowest BCUT2D eigenvalue weighted by molar-refractivity contribution is 0.410. The molecular weight excluding hydrogens is 454 g/mol. The molecule has 174 valence electrons. The van der Waals surface area contributed by atoms with Crippen LogP contribution in [0.5, 0.6) is 11.5 Å². The summed E-state index contributed by atoms with van der Waals surface area (Å²) in [4.78, 5) is 0. The minimum absolute atomic E-state index is 0.864. The third-order valence-corrected chi connectivity index (χ3v) is 8.85. The summed E-state index contributed by atoms with van der Waals surface area (Å²) < 4.78 is 11.0. The zero-order valence-electron chi connectivity index (χ0n) is 19.9. The molecule has 2 atom stereocenters. The van der Waals surface area contributed by atoms with E-state index in [-0.39, 0.29) is 0 Å². The van der Waals surface area contributed by atoms with Crippen LogP contribution >= 0.6 is 17.2 Å². The van der Waals surface area contributed by atoms with Gasteiger partial charge in [0, 0.05) is 12.8 Å². The second-order valence-corrected chi connectivity index (χ2v) is 11.1. The van der Waals surface area contributed by atoms with Gasteiger partial charge >= 0.3 is 0 Å². The molecule has 4 aromatic rings. The largest absolute Gasteiger partial charge is 0.496 e. The molecule has 0 N–H and O–H groups in total. The Hall–Kier alpha value is -2.66. The van der Waals surface area contributed by atoms with Crippen LogP contribution in [0.25, 0.3) is 0 Å². The van der Waals surface area contributed by atoms with Crippen molar-refractivity contribution in [2.75, 3.05) is 26.5 Å². The normalized spacial score (nSPS) is 11.5. The summed E-state index contributed by atoms with van der Waals surface area (Å²) >= 11 is 0. The number of benzene rings is 4. The monoisotopic (exact) mass is 486 g/mol. The van der Waals surface area contributed by atoms with Crippen molar-refractivity contribution >= 4 is 27.8 Å². The van der Waals surface area contributed by atoms with Crippen LogP contribution in [0.2, 0.25) is 0 Å². The third-order valence-electron chi connectivity index (χ3n) is 5.87. The van der Waals surface area contributed by atoms with E-state index in [0.717, 1.165) is 41.5 Å². The summed E-state index contributed by atoms with van der Waals surface area (Å²) in [7, 11) is 5.20. The average Bonchev–Trinajstić information content (AvgIpc) is 2.89. The number of para-hydroxylation sites is 2. The molecule has 0 radical (unpaired) electrons. The van der Waals surface area contributed by atoms with Gasteiger partial charge in [0.25, 0.3) is 0 Å². The van der Waals surface area contributed by atoms with Gasteiger partial charge < -0.3 is 9.47 Å². The summed E-state index contributed by atoms with van der Waals surface area (Å²) in [5.74, 6) is 1.92. The van der Waals surface area contributed by atoms with E-state index in [2.05, 4.69) is 72.8 Å². The Morgan fingerprint density at radius 1 is 0.500 bits per heavy atom. The maximum atomic E-state index is 5.48. The predicted octanol–water partition coefficient (Wildman–Crippen LogP) is 6.19. The lowest BCUT2D eigenvalue weighted by atomic mass is 10.0. The molecule has 0 aromatic heterocycles. The van der Waals surface area contributed by atoms with Gasteiger partial charge in [-0.1, -0.05) is 102 Å². The molecule has 4 heteroatoms. The summed E-state index contributed by atoms with van der Waals surface area (Å²) in [6.45, 7) is 0. The Balaban J connectivity index is 1.22. The standard InChI is InChI=1S/C30H32O2P2/c1-31-29-9-5-3-7-25(29)21-23-11-15-27(16-12-23)33-19-20-34-28-17-13-24(14-18-28)22-26-8-4-6-10-30(26)32-2/h3-18,33-34H,19-22H2,1-2H3. The van der Waals surface area contributed by atoms with Crippen LogP contribution < -0.4 is 20.1 Å². The van der Waals surface area contributed by atoms with Crippen LogP contribution in [-0.4, -0.2) is 26.5 Å². The maximum Gasteiger partial charge on any atom is 0.122 e. The quantitative estimate of drug-likeness (QED) is 0.186. The molecular formula is C30H32O2P2. The zero-order chi connectivity index (χ0) is 23.6. The Morgan fingerprint density at radius 2 is 0.882 bits per heavy atom. The average molecular weight is 487 g/mol. The summed E-state index contributed by atoms with van der Waals surface area (Å²) in [5, 5.41) is 2.89. The van der Waals surface area contributed by atoms with Crippen molar-refractivity contribution in [2.45, 2.75) is 12.8 Å². The van der Waals surface area contributed by atoms with Gasteiger partial charge in [-0.15, -0.1) is 0 Å². The molecule has 0 spiro atoms. The van der Waals surface area contributed by atoms with E-state index in [1.165, 1.54) is 45.2 Å². The Labute approximate surface area is 207 Å². The first kappa shape index (κ1) is 24.5. The smallest absolute Gasteiger partial charge is 0.122 e. The maximum absolute atomic E-state index is 5.48. The highest BCUT2D eigenvalue weighted by Gasteiger charge is 2.05. The Morgan fingerprint density at radius 3 is 1.26 bits per heavy atom. The molecule has 34 heavy (non-hydrogen) atoms. The molecule has 0 fully saturated rings. The van der Waals surface area contributed by atoms with E-state index in [9.17, 15) is 0 Å². The SMILES string of the molecule is COc1ccccc1Cc1ccc(PCCPc2ccc(Cc3ccccc3OC)cc2)cc1. The van der Waals surface area contributed by atoms with E-state index < -0.39 is 0 Å². The third kappa shape index (κ3) is 6.92. The predicted molar refractivity (Wildman–Crippen MR) is 150 cm³/mol. The molecule has 0 aliphatic rings. The first-order valence-electron chi connectivity index (χ1n) is 11.6. The first-order chi connectivity index (χ1) is 16.7. The molecule has 2 nitrogen and oxygen atoms in total. The molecule has 0 aliphatic carbocycles. The molecule has 0 saturated heterocycles. The molecule has 0 saturated carbocycles. The van der Waals surface area contributed by atoms with E-state index in [4.69, 9.17) is 9.47 Å². The number of methoxy groups -OCH3 is 2. The van der Waals surface area contributed by atoms with Gasteiger partial charge in [0.2, 0.25) is 0 Å². The van der Waals surface area contributed by atoms with Crippen LogP contribution in [0.3, 0.4) is 0 Å². The first-order valence-corrected chi connectivity index (χ1v) is 14.1. The van der Waals surface area contributed by atoms with E-state index in [1.54, 1.807) is 14.2 Å². The van der Waals surface area contributed by atoms with Crippen molar-refractivity contribution in [1.82, 2.24) is 0 Å². The van der Waals surface area contributed by atoms with Crippen LogP contribution in [-0.2, 0) is 12.8 Å². The van der Waals surface area contributed by atoms with Gasteiger partial charge in [-0.2, -0.15) is 0 Å². The lowest BCUT2D eigenvalue weighted by Gasteiger charge is -2.09. The van der Waals surface area contributed by atoms with Gasteiger partial charge in [0.15, 0.2) is 0 Å². The van der Waals surface area contributed by atoms with Crippen molar-refractivity contribution in [1.29, 1.82) is 0 Å². The van der Waals surface area contributed by atoms with Crippen LogP contribution in [0.4, 0.5) is 0 Å². The minimum atomic E-state index is 0.864. The molecule has 0 heterocycles. The topological polar surface area (TPSA) is 18.5 Å². The second kappa shape index (κ2) is 12.7. The van der Waals surface area contributed by atoms with Gasteiger partial charge in [0.1, 0.15) is 11.5 Å². The summed E-state index contributed by atoms with van der Waals surface area (Å²) in [6, 6.07) is 34.7. The number of ether oxygens (including phenoxy) is 2. The van der Waals surface area contributed by atoms with Crippen molar-refractivity contribution in [3.8, 4) is 11.5 Å². The molecule has 2 unspecified atom stereocenters. The Kier molecular flexibility index (Phi) is 9.14. The summed E-state index contributed by atoms with van der Waals surface area (Å²) in [6.07, 6.45) is 4.30. The van der Waals surface area contributed by atoms with Crippen molar-refractivity contribution in [2.24, 2.45) is 0 Å². The van der Waals surface area contributed by atoms with Gasteiger partial charge in [-0.25, -0.2) is 0 Å². The molecule has 0 bridgehead atoms. The molecule has 0 aliphatic heterocycles. The van der Waals surface area contributed by atoms with E-state index in [1.807, 2.05) is 24.3 Å². The van der Waals surface area contributed by atoms with Crippen LogP contribution in [0.15, 0.2) is 97.1 Å². The highest BCUT2D eigenvalue weighted by Crippen LogP contribution is 2.23. The van der Waals surface area contributed by atoms with Crippen molar-refractivity contribution in [3.63, 3.8) is 0 Å². The van der Waals surface area contributed by atoms with Gasteiger partial charge in [-0.05, 0) is 57.3 Å². The van der Waals surface area contributed by atoms with E-state index in [0.29, 0.717) is 0 Å². The Bertz CT molecular complexity index is 1080. The fourth-order valence-corrected chi connectivity index (χ4v) is 6.41. The van der Waals surface area contributed by atoms with Crippen LogP contribution in [0, 0.1) is 0 Å². The lowest BCUT2D eigenvalue weighted by Crippen LogP contribution is -2.01. The summed E-state index contributed by atoms with van der Waals surface area (Å²) in [5.41, 5.74) is 5.12.